The van der Waals surface area contributed by atoms with E-state index in [1.54, 1.807) is 37.3 Å². The molecule has 0 aliphatic heterocycles. The van der Waals surface area contributed by atoms with Crippen LogP contribution in [-0.2, 0) is 9.84 Å². The van der Waals surface area contributed by atoms with Crippen molar-refractivity contribution >= 4 is 32.4 Å². The summed E-state index contributed by atoms with van der Waals surface area (Å²) in [5.41, 5.74) is 1.12. The summed E-state index contributed by atoms with van der Waals surface area (Å²) in [5.74, 6) is -0.649. The number of hydrogen-bond acceptors (Lipinski definition) is 5. The number of aryl methyl sites for hydroxylation is 1. The van der Waals surface area contributed by atoms with E-state index < -0.39 is 21.4 Å². The second kappa shape index (κ2) is 6.76. The Labute approximate surface area is 150 Å². The zero-order chi connectivity index (χ0) is 18.9. The molecule has 3 rings (SSSR count). The van der Waals surface area contributed by atoms with Crippen LogP contribution in [0, 0.1) is 6.92 Å². The molecule has 0 bridgehead atoms. The minimum absolute atomic E-state index is 0.0110. The number of anilines is 1. The van der Waals surface area contributed by atoms with E-state index in [4.69, 9.17) is 4.42 Å². The van der Waals surface area contributed by atoms with Crippen LogP contribution in [0.25, 0.3) is 11.0 Å². The molecule has 0 saturated heterocycles. The number of hydrogen-bond donors (Lipinski definition) is 1. The molecule has 0 aliphatic carbocycles. The Balaban J connectivity index is 1.99. The molecule has 0 atom stereocenters. The molecule has 1 N–H and O–H groups in total. The van der Waals surface area contributed by atoms with Gasteiger partial charge in [0, 0.05) is 23.2 Å². The van der Waals surface area contributed by atoms with E-state index in [0.717, 1.165) is 10.9 Å². The molecule has 1 amide bonds. The van der Waals surface area contributed by atoms with E-state index in [0.29, 0.717) is 11.3 Å². The number of carbonyl (C=O) groups excluding carboxylic acids is 1. The fourth-order valence-corrected chi connectivity index (χ4v) is 3.77. The Morgan fingerprint density at radius 2 is 1.85 bits per heavy atom. The van der Waals surface area contributed by atoms with Crippen molar-refractivity contribution in [3.8, 4) is 0 Å². The topological polar surface area (TPSA) is 93.5 Å². The summed E-state index contributed by atoms with van der Waals surface area (Å²) in [7, 11) is -3.53. The Kier molecular flexibility index (Phi) is 4.65. The third-order valence-electron chi connectivity index (χ3n) is 4.06. The molecule has 1 heterocycles. The highest BCUT2D eigenvalue weighted by Gasteiger charge is 2.20. The SMILES string of the molecule is CCS(=O)(=O)c1ccccc1C(=O)Nc1ccc2c(C)cc(=O)oc2c1. The number of rotatable bonds is 4. The molecule has 0 saturated carbocycles. The first-order valence-corrected chi connectivity index (χ1v) is 9.64. The van der Waals surface area contributed by atoms with Gasteiger partial charge in [0.05, 0.1) is 16.2 Å². The highest BCUT2D eigenvalue weighted by molar-refractivity contribution is 7.91. The van der Waals surface area contributed by atoms with Crippen LogP contribution in [0.3, 0.4) is 0 Å². The number of fused-ring (bicyclic) bond motifs is 1. The van der Waals surface area contributed by atoms with Gasteiger partial charge in [-0.25, -0.2) is 13.2 Å². The van der Waals surface area contributed by atoms with E-state index in [9.17, 15) is 18.0 Å². The van der Waals surface area contributed by atoms with Gasteiger partial charge in [0.1, 0.15) is 5.58 Å². The van der Waals surface area contributed by atoms with Crippen LogP contribution < -0.4 is 10.9 Å². The third-order valence-corrected chi connectivity index (χ3v) is 5.84. The third kappa shape index (κ3) is 3.39. The van der Waals surface area contributed by atoms with Gasteiger partial charge >= 0.3 is 5.63 Å². The highest BCUT2D eigenvalue weighted by atomic mass is 32.2. The Morgan fingerprint density at radius 3 is 2.58 bits per heavy atom. The predicted octanol–water partition coefficient (Wildman–Crippen LogP) is 3.15. The van der Waals surface area contributed by atoms with Gasteiger partial charge in [-0.2, -0.15) is 0 Å². The van der Waals surface area contributed by atoms with Gasteiger partial charge < -0.3 is 9.73 Å². The van der Waals surface area contributed by atoms with Crippen LogP contribution in [0.2, 0.25) is 0 Å². The smallest absolute Gasteiger partial charge is 0.336 e. The molecule has 0 aliphatic rings. The summed E-state index contributed by atoms with van der Waals surface area (Å²) in [5, 5.41) is 3.42. The van der Waals surface area contributed by atoms with Crippen LogP contribution in [0.1, 0.15) is 22.8 Å². The lowest BCUT2D eigenvalue weighted by Gasteiger charge is -2.10. The van der Waals surface area contributed by atoms with Crippen molar-refractivity contribution in [1.82, 2.24) is 0 Å². The lowest BCUT2D eigenvalue weighted by Crippen LogP contribution is -2.17. The first kappa shape index (κ1) is 17.9. The van der Waals surface area contributed by atoms with Gasteiger partial charge in [-0.15, -0.1) is 0 Å². The lowest BCUT2D eigenvalue weighted by atomic mass is 10.1. The average molecular weight is 371 g/mol. The molecule has 26 heavy (non-hydrogen) atoms. The van der Waals surface area contributed by atoms with Crippen molar-refractivity contribution in [3.05, 3.63) is 70.1 Å². The van der Waals surface area contributed by atoms with Crippen LogP contribution >= 0.6 is 0 Å². The van der Waals surface area contributed by atoms with Crippen molar-refractivity contribution in [1.29, 1.82) is 0 Å². The van der Waals surface area contributed by atoms with E-state index in [1.165, 1.54) is 25.1 Å². The summed E-state index contributed by atoms with van der Waals surface area (Å²) in [4.78, 5) is 24.1. The number of amides is 1. The maximum atomic E-state index is 12.6. The minimum atomic E-state index is -3.53. The molecule has 3 aromatic rings. The maximum absolute atomic E-state index is 12.6. The summed E-state index contributed by atoms with van der Waals surface area (Å²) in [6.07, 6.45) is 0. The largest absolute Gasteiger partial charge is 0.423 e. The number of carbonyl (C=O) groups is 1. The second-order valence-electron chi connectivity index (χ2n) is 5.81. The summed E-state index contributed by atoms with van der Waals surface area (Å²) in [6, 6.07) is 12.4. The first-order valence-electron chi connectivity index (χ1n) is 7.99. The Hall–Kier alpha value is -2.93. The second-order valence-corrected chi connectivity index (χ2v) is 8.06. The molecule has 1 aromatic heterocycles. The number of nitrogens with one attached hydrogen (secondary N) is 1. The fourth-order valence-electron chi connectivity index (χ4n) is 2.68. The van der Waals surface area contributed by atoms with E-state index in [2.05, 4.69) is 5.32 Å². The zero-order valence-electron chi connectivity index (χ0n) is 14.3. The summed E-state index contributed by atoms with van der Waals surface area (Å²) < 4.78 is 29.6. The van der Waals surface area contributed by atoms with E-state index >= 15 is 0 Å². The monoisotopic (exact) mass is 371 g/mol. The standard InChI is InChI=1S/C19H17NO5S/c1-3-26(23,24)17-7-5-4-6-15(17)19(22)20-13-8-9-14-12(2)10-18(21)25-16(14)11-13/h4-11H,3H2,1-2H3,(H,20,22). The van der Waals surface area contributed by atoms with Crippen molar-refractivity contribution in [2.45, 2.75) is 18.7 Å². The molecule has 0 unspecified atom stereocenters. The van der Waals surface area contributed by atoms with Gasteiger partial charge in [0.15, 0.2) is 9.84 Å². The lowest BCUT2D eigenvalue weighted by molar-refractivity contribution is 0.102. The minimum Gasteiger partial charge on any atom is -0.423 e. The van der Waals surface area contributed by atoms with E-state index in [1.807, 2.05) is 0 Å². The molecular weight excluding hydrogens is 354 g/mol. The first-order chi connectivity index (χ1) is 12.3. The molecular formula is C19H17NO5S. The predicted molar refractivity (Wildman–Crippen MR) is 99.3 cm³/mol. The van der Waals surface area contributed by atoms with Gasteiger partial charge in [-0.3, -0.25) is 4.79 Å². The van der Waals surface area contributed by atoms with Crippen molar-refractivity contribution in [3.63, 3.8) is 0 Å². The maximum Gasteiger partial charge on any atom is 0.336 e. The van der Waals surface area contributed by atoms with Crippen LogP contribution in [0.5, 0.6) is 0 Å². The van der Waals surface area contributed by atoms with Gasteiger partial charge in [-0.1, -0.05) is 19.1 Å². The Bertz CT molecular complexity index is 1160. The van der Waals surface area contributed by atoms with Crippen molar-refractivity contribution < 1.29 is 17.6 Å². The molecule has 134 valence electrons. The van der Waals surface area contributed by atoms with Crippen LogP contribution in [0.4, 0.5) is 5.69 Å². The van der Waals surface area contributed by atoms with Crippen molar-refractivity contribution in [2.75, 3.05) is 11.1 Å². The summed E-state index contributed by atoms with van der Waals surface area (Å²) >= 11 is 0. The van der Waals surface area contributed by atoms with Gasteiger partial charge in [-0.05, 0) is 36.8 Å². The van der Waals surface area contributed by atoms with E-state index in [-0.39, 0.29) is 16.2 Å². The normalized spacial score (nSPS) is 11.5. The van der Waals surface area contributed by atoms with Crippen LogP contribution in [0.15, 0.2) is 62.6 Å². The zero-order valence-corrected chi connectivity index (χ0v) is 15.1. The van der Waals surface area contributed by atoms with Gasteiger partial charge in [0.2, 0.25) is 0 Å². The molecule has 0 radical (unpaired) electrons. The quantitative estimate of drug-likeness (QED) is 0.711. The highest BCUT2D eigenvalue weighted by Crippen LogP contribution is 2.23. The molecule has 6 nitrogen and oxygen atoms in total. The number of benzene rings is 2. The van der Waals surface area contributed by atoms with Crippen molar-refractivity contribution in [2.24, 2.45) is 0 Å². The van der Waals surface area contributed by atoms with Gasteiger partial charge in [0.25, 0.3) is 5.91 Å². The van der Waals surface area contributed by atoms with Crippen LogP contribution in [-0.4, -0.2) is 20.1 Å². The molecule has 7 heteroatoms. The summed E-state index contributed by atoms with van der Waals surface area (Å²) in [6.45, 7) is 3.32. The molecule has 0 fully saturated rings. The fraction of sp³-hybridized carbons (Fsp3) is 0.158. The molecule has 2 aromatic carbocycles. The Morgan fingerprint density at radius 1 is 1.12 bits per heavy atom. The molecule has 0 spiro atoms. The average Bonchev–Trinajstić information content (AvgIpc) is 2.61. The number of sulfone groups is 1.